The zero-order chi connectivity index (χ0) is 12.2. The van der Waals surface area contributed by atoms with Crippen molar-refractivity contribution in [2.45, 2.75) is 0 Å². The van der Waals surface area contributed by atoms with Crippen LogP contribution in [0.4, 0.5) is 0 Å². The number of rotatable bonds is 2. The molecule has 0 aliphatic rings. The number of nitrogens with zero attached hydrogens (tertiary/aromatic N) is 2. The van der Waals surface area contributed by atoms with Crippen molar-refractivity contribution in [1.29, 1.82) is 0 Å². The molecule has 0 aromatic rings. The van der Waals surface area contributed by atoms with Gasteiger partial charge in [0.05, 0.1) is 0 Å². The summed E-state index contributed by atoms with van der Waals surface area (Å²) >= 11 is 0. The third kappa shape index (κ3) is 1000. The van der Waals surface area contributed by atoms with Crippen LogP contribution >= 0.6 is 0 Å². The van der Waals surface area contributed by atoms with Crippen molar-refractivity contribution in [1.82, 2.24) is 0 Å². The molecular weight excluding hydrogens is 303 g/mol. The average molecular weight is 319 g/mol. The number of nitrogens with two attached hydrogens (primary N) is 4. The first kappa shape index (κ1) is 29.2. The zero-order valence-corrected chi connectivity index (χ0v) is 9.54. The monoisotopic (exact) mass is 318 g/mol. The molecule has 0 rings (SSSR count). The zero-order valence-electron chi connectivity index (χ0n) is 7.98. The maximum absolute atomic E-state index is 8.00. The molecule has 0 aromatic carbocycles. The van der Waals surface area contributed by atoms with Crippen LogP contribution in [-0.4, -0.2) is 26.2 Å². The van der Waals surface area contributed by atoms with E-state index in [1.807, 2.05) is 0 Å². The van der Waals surface area contributed by atoms with Gasteiger partial charge in [0.2, 0.25) is 0 Å². The molecule has 0 saturated heterocycles. The van der Waals surface area contributed by atoms with Crippen molar-refractivity contribution in [2.24, 2.45) is 33.6 Å². The van der Waals surface area contributed by atoms with E-state index in [0.29, 0.717) is 26.2 Å². The Morgan fingerprint density at radius 2 is 0.800 bits per heavy atom. The molecule has 0 spiro atoms. The predicted molar refractivity (Wildman–Crippen MR) is 54.5 cm³/mol. The molecule has 8 N–H and O–H groups in total. The van der Waals surface area contributed by atoms with E-state index < -0.39 is 0 Å². The van der Waals surface area contributed by atoms with Gasteiger partial charge in [-0.25, -0.2) is 0 Å². The Hall–Kier alpha value is -0.698. The first-order valence-corrected chi connectivity index (χ1v) is 3.36. The third-order valence-corrected chi connectivity index (χ3v) is 0.333. The second-order valence-corrected chi connectivity index (χ2v) is 1.30. The van der Waals surface area contributed by atoms with E-state index in [1.54, 1.807) is 0 Å². The van der Waals surface area contributed by atoms with Crippen LogP contribution in [0, 0.1) is 20.2 Å². The molecule has 0 aliphatic carbocycles. The van der Waals surface area contributed by atoms with Gasteiger partial charge in [-0.15, -0.1) is 10.7 Å². The van der Waals surface area contributed by atoms with Crippen molar-refractivity contribution in [2.75, 3.05) is 26.2 Å². The second-order valence-electron chi connectivity index (χ2n) is 1.30. The summed E-state index contributed by atoms with van der Waals surface area (Å²) in [4.78, 5) is 16.0. The maximum Gasteiger partial charge on any atom is 0.00461 e. The van der Waals surface area contributed by atoms with Crippen molar-refractivity contribution in [3.63, 3.8) is 0 Å². The molecule has 0 radical (unpaired) electrons. The molecule has 0 bridgehead atoms. The van der Waals surface area contributed by atoms with Crippen LogP contribution in [0.5, 0.6) is 0 Å². The molecule has 0 amide bonds. The summed E-state index contributed by atoms with van der Waals surface area (Å²) in [6, 6.07) is 0. The summed E-state index contributed by atoms with van der Waals surface area (Å²) in [6.45, 7) is 2.39. The van der Waals surface area contributed by atoms with Gasteiger partial charge in [0.15, 0.2) is 0 Å². The molecule has 0 aromatic heterocycles. The Morgan fingerprint density at radius 3 is 0.800 bits per heavy atom. The molecule has 0 unspecified atom stereocenters. The van der Waals surface area contributed by atoms with E-state index in [0.717, 1.165) is 10.7 Å². The average Bonchev–Trinajstić information content (AvgIpc) is 2.20. The van der Waals surface area contributed by atoms with Crippen molar-refractivity contribution in [3.8, 4) is 0 Å². The van der Waals surface area contributed by atoms with Gasteiger partial charge in [-0.2, -0.15) is 0 Å². The first-order valence-electron chi connectivity index (χ1n) is 3.36. The maximum atomic E-state index is 8.00. The van der Waals surface area contributed by atoms with Crippen LogP contribution in [0.1, 0.15) is 0 Å². The Kier molecular flexibility index (Phi) is 140. The Labute approximate surface area is 101 Å². The molecule has 0 heterocycles. The Balaban J connectivity index is -0.0000000293. The van der Waals surface area contributed by atoms with Gasteiger partial charge in [0.1, 0.15) is 0 Å². The predicted octanol–water partition coefficient (Wildman–Crippen LogP) is -1.69. The number of hydrogen-bond acceptors (Lipinski definition) is 10. The Bertz CT molecular complexity index is 75.5. The molecular formula is C4H16N6O4Pd-2. The van der Waals surface area contributed by atoms with Gasteiger partial charge in [0, 0.05) is 46.6 Å². The van der Waals surface area contributed by atoms with E-state index in [1.165, 1.54) is 0 Å². The summed E-state index contributed by atoms with van der Waals surface area (Å²) in [5.74, 6) is 0. The molecule has 15 heavy (non-hydrogen) atoms. The molecule has 0 fully saturated rings. The smallest absolute Gasteiger partial charge is 0.00461 e. The summed E-state index contributed by atoms with van der Waals surface area (Å²) in [7, 11) is 0. The van der Waals surface area contributed by atoms with Crippen LogP contribution in [0.2, 0.25) is 0 Å². The van der Waals surface area contributed by atoms with Crippen LogP contribution in [-0.2, 0) is 20.4 Å². The summed E-state index contributed by atoms with van der Waals surface area (Å²) < 4.78 is 0. The molecule has 0 aliphatic heterocycles. The minimum atomic E-state index is 0. The fraction of sp³-hybridized carbons (Fsp3) is 1.00. The van der Waals surface area contributed by atoms with Crippen LogP contribution < -0.4 is 22.9 Å². The second kappa shape index (κ2) is 71.6. The quantitative estimate of drug-likeness (QED) is 0.261. The Morgan fingerprint density at radius 1 is 0.733 bits per heavy atom. The SMILES string of the molecule is NCCN.NCCN.O=N[O-].O=N[O-].[Pd]. The van der Waals surface area contributed by atoms with Gasteiger partial charge < -0.3 is 43.2 Å². The topological polar surface area (TPSA) is 209 Å². The normalized spacial score (nSPS) is 5.60. The van der Waals surface area contributed by atoms with E-state index in [9.17, 15) is 0 Å². The van der Waals surface area contributed by atoms with Gasteiger partial charge in [0.25, 0.3) is 0 Å². The van der Waals surface area contributed by atoms with Gasteiger partial charge in [-0.1, -0.05) is 0 Å². The summed E-state index contributed by atoms with van der Waals surface area (Å²) in [6.07, 6.45) is 0. The van der Waals surface area contributed by atoms with Crippen molar-refractivity contribution in [3.05, 3.63) is 20.2 Å². The van der Waals surface area contributed by atoms with E-state index in [2.05, 4.69) is 0 Å². The summed E-state index contributed by atoms with van der Waals surface area (Å²) in [5, 5.41) is 18.0. The molecule has 0 saturated carbocycles. The van der Waals surface area contributed by atoms with Gasteiger partial charge in [-0.05, 0) is 0 Å². The number of hydrogen-bond donors (Lipinski definition) is 4. The van der Waals surface area contributed by atoms with Crippen molar-refractivity contribution < 1.29 is 20.4 Å². The van der Waals surface area contributed by atoms with Crippen molar-refractivity contribution >= 4 is 0 Å². The first-order chi connectivity index (χ1) is 6.66. The minimum absolute atomic E-state index is 0. The van der Waals surface area contributed by atoms with E-state index >= 15 is 0 Å². The van der Waals surface area contributed by atoms with Crippen LogP contribution in [0.25, 0.3) is 0 Å². The largest absolute Gasteiger partial charge is 0.444 e. The minimum Gasteiger partial charge on any atom is -0.444 e. The fourth-order valence-corrected chi connectivity index (χ4v) is 0. The van der Waals surface area contributed by atoms with Crippen LogP contribution in [0.3, 0.4) is 0 Å². The fourth-order valence-electron chi connectivity index (χ4n) is 0. The van der Waals surface area contributed by atoms with Gasteiger partial charge in [-0.3, -0.25) is 0 Å². The molecule has 11 heteroatoms. The third-order valence-electron chi connectivity index (χ3n) is 0.333. The molecule has 10 nitrogen and oxygen atoms in total. The van der Waals surface area contributed by atoms with E-state index in [-0.39, 0.29) is 20.4 Å². The standard InChI is InChI=1S/2C2H8N2.2HNO2.Pd/c2*3-1-2-4;2*2-1-3;/h2*1-4H2;2*(H,2,3);/p-2. The molecule has 98 valence electrons. The summed E-state index contributed by atoms with van der Waals surface area (Å²) in [5.41, 5.74) is 19.6. The van der Waals surface area contributed by atoms with Crippen LogP contribution in [0.15, 0.2) is 10.7 Å². The molecule has 0 atom stereocenters. The van der Waals surface area contributed by atoms with Gasteiger partial charge >= 0.3 is 0 Å². The van der Waals surface area contributed by atoms with E-state index in [4.69, 9.17) is 43.2 Å².